The van der Waals surface area contributed by atoms with Crippen molar-refractivity contribution in [2.45, 2.75) is 45.4 Å². The van der Waals surface area contributed by atoms with Crippen LogP contribution < -0.4 is 0 Å². The maximum absolute atomic E-state index is 12.9. The fraction of sp³-hybridized carbons (Fsp3) is 0.250. The molecule has 3 nitrogen and oxygen atoms in total. The highest BCUT2D eigenvalue weighted by Crippen LogP contribution is 2.39. The van der Waals surface area contributed by atoms with Gasteiger partial charge in [-0.05, 0) is 24.1 Å². The SMILES string of the molecule is CCCCCCCc1oc2cc(C(=O)c3ccccc3)c(O)cc2c1-c1ccccc1. The van der Waals surface area contributed by atoms with Crippen LogP contribution in [0, 0.1) is 0 Å². The Bertz CT molecular complexity index is 1160. The first-order chi connectivity index (χ1) is 15.2. The number of aromatic hydroxyl groups is 1. The zero-order chi connectivity index (χ0) is 21.6. The van der Waals surface area contributed by atoms with Gasteiger partial charge < -0.3 is 9.52 Å². The van der Waals surface area contributed by atoms with Crippen LogP contribution in [0.25, 0.3) is 22.1 Å². The summed E-state index contributed by atoms with van der Waals surface area (Å²) in [6.07, 6.45) is 6.77. The molecule has 0 spiro atoms. The number of phenols is 1. The summed E-state index contributed by atoms with van der Waals surface area (Å²) in [5.41, 5.74) is 3.52. The molecular formula is C28H28O3. The Morgan fingerprint density at radius 1 is 0.871 bits per heavy atom. The largest absolute Gasteiger partial charge is 0.507 e. The lowest BCUT2D eigenvalue weighted by Crippen LogP contribution is -2.01. The number of hydrogen-bond acceptors (Lipinski definition) is 3. The number of carbonyl (C=O) groups is 1. The fourth-order valence-corrected chi connectivity index (χ4v) is 4.10. The third-order valence-electron chi connectivity index (χ3n) is 5.73. The zero-order valence-electron chi connectivity index (χ0n) is 17.9. The lowest BCUT2D eigenvalue weighted by molar-refractivity contribution is 0.103. The number of phenolic OH excluding ortho intramolecular Hbond substituents is 1. The molecule has 0 saturated carbocycles. The van der Waals surface area contributed by atoms with Crippen LogP contribution in [0.4, 0.5) is 0 Å². The first kappa shape index (κ1) is 20.9. The predicted octanol–water partition coefficient (Wildman–Crippen LogP) is 7.55. The third-order valence-corrected chi connectivity index (χ3v) is 5.73. The lowest BCUT2D eigenvalue weighted by atomic mass is 9.96. The molecule has 3 heteroatoms. The summed E-state index contributed by atoms with van der Waals surface area (Å²) in [7, 11) is 0. The molecule has 4 rings (SSSR count). The Kier molecular flexibility index (Phi) is 6.51. The number of ketones is 1. The summed E-state index contributed by atoms with van der Waals surface area (Å²) in [5.74, 6) is 0.689. The third kappa shape index (κ3) is 4.56. The smallest absolute Gasteiger partial charge is 0.196 e. The molecule has 1 N–H and O–H groups in total. The van der Waals surface area contributed by atoms with Crippen LogP contribution in [0.1, 0.15) is 60.7 Å². The minimum absolute atomic E-state index is 0.0196. The lowest BCUT2D eigenvalue weighted by Gasteiger charge is -2.06. The van der Waals surface area contributed by atoms with Gasteiger partial charge in [-0.1, -0.05) is 93.3 Å². The van der Waals surface area contributed by atoms with Gasteiger partial charge in [0.2, 0.25) is 0 Å². The number of rotatable bonds is 9. The number of hydrogen-bond donors (Lipinski definition) is 1. The van der Waals surface area contributed by atoms with E-state index in [1.807, 2.05) is 36.4 Å². The van der Waals surface area contributed by atoms with E-state index in [9.17, 15) is 9.90 Å². The second kappa shape index (κ2) is 9.65. The standard InChI is InChI=1S/C28H28O3/c1-2-3-4-5-12-17-25-27(20-13-8-6-9-14-20)23-18-24(29)22(19-26(23)31-25)28(30)21-15-10-7-11-16-21/h6-11,13-16,18-19,29H,2-5,12,17H2,1H3. The molecule has 0 bridgehead atoms. The summed E-state index contributed by atoms with van der Waals surface area (Å²) >= 11 is 0. The Morgan fingerprint density at radius 3 is 2.26 bits per heavy atom. The number of furan rings is 1. The highest BCUT2D eigenvalue weighted by Gasteiger charge is 2.21. The molecule has 0 fully saturated rings. The molecule has 4 aromatic rings. The molecule has 0 aliphatic heterocycles. The van der Waals surface area contributed by atoms with Crippen molar-refractivity contribution in [1.29, 1.82) is 0 Å². The number of fused-ring (bicyclic) bond motifs is 1. The molecule has 0 aliphatic carbocycles. The van der Waals surface area contributed by atoms with E-state index < -0.39 is 0 Å². The highest BCUT2D eigenvalue weighted by molar-refractivity contribution is 6.13. The van der Waals surface area contributed by atoms with Crippen molar-refractivity contribution < 1.29 is 14.3 Å². The van der Waals surface area contributed by atoms with E-state index >= 15 is 0 Å². The van der Waals surface area contributed by atoms with Crippen LogP contribution >= 0.6 is 0 Å². The van der Waals surface area contributed by atoms with E-state index in [1.165, 1.54) is 25.7 Å². The minimum Gasteiger partial charge on any atom is -0.507 e. The van der Waals surface area contributed by atoms with Gasteiger partial charge in [-0.3, -0.25) is 4.79 Å². The van der Waals surface area contributed by atoms with E-state index in [0.717, 1.165) is 35.1 Å². The zero-order valence-corrected chi connectivity index (χ0v) is 17.9. The highest BCUT2D eigenvalue weighted by atomic mass is 16.3. The molecule has 0 atom stereocenters. The second-order valence-corrected chi connectivity index (χ2v) is 7.99. The Morgan fingerprint density at radius 2 is 1.55 bits per heavy atom. The summed E-state index contributed by atoms with van der Waals surface area (Å²) < 4.78 is 6.28. The summed E-state index contributed by atoms with van der Waals surface area (Å²) in [4.78, 5) is 12.9. The molecule has 1 aromatic heterocycles. The average Bonchev–Trinajstić information content (AvgIpc) is 3.16. The first-order valence-electron chi connectivity index (χ1n) is 11.1. The molecule has 3 aromatic carbocycles. The first-order valence-corrected chi connectivity index (χ1v) is 11.1. The van der Waals surface area contributed by atoms with E-state index in [2.05, 4.69) is 19.1 Å². The monoisotopic (exact) mass is 412 g/mol. The molecular weight excluding hydrogens is 384 g/mol. The fourth-order valence-electron chi connectivity index (χ4n) is 4.10. The van der Waals surface area contributed by atoms with Gasteiger partial charge in [0, 0.05) is 22.9 Å². The molecule has 0 saturated heterocycles. The molecule has 0 amide bonds. The van der Waals surface area contributed by atoms with Gasteiger partial charge >= 0.3 is 0 Å². The van der Waals surface area contributed by atoms with Gasteiger partial charge in [0.15, 0.2) is 5.78 Å². The van der Waals surface area contributed by atoms with Gasteiger partial charge in [-0.2, -0.15) is 0 Å². The molecule has 0 unspecified atom stereocenters. The van der Waals surface area contributed by atoms with Gasteiger partial charge in [-0.15, -0.1) is 0 Å². The van der Waals surface area contributed by atoms with Crippen molar-refractivity contribution >= 4 is 16.8 Å². The van der Waals surface area contributed by atoms with Crippen molar-refractivity contribution in [3.63, 3.8) is 0 Å². The van der Waals surface area contributed by atoms with Crippen LogP contribution in [0.15, 0.2) is 77.2 Å². The second-order valence-electron chi connectivity index (χ2n) is 7.99. The predicted molar refractivity (Wildman–Crippen MR) is 126 cm³/mol. The summed E-state index contributed by atoms with van der Waals surface area (Å²) in [6, 6.07) is 22.5. The number of unbranched alkanes of at least 4 members (excludes halogenated alkanes) is 4. The van der Waals surface area contributed by atoms with Gasteiger partial charge in [0.25, 0.3) is 0 Å². The van der Waals surface area contributed by atoms with E-state index in [-0.39, 0.29) is 17.1 Å². The quantitative estimate of drug-likeness (QED) is 0.228. The van der Waals surface area contributed by atoms with Gasteiger partial charge in [0.05, 0.1) is 5.56 Å². The number of benzene rings is 3. The van der Waals surface area contributed by atoms with Gasteiger partial charge in [-0.25, -0.2) is 0 Å². The molecule has 158 valence electrons. The van der Waals surface area contributed by atoms with Crippen molar-refractivity contribution in [2.24, 2.45) is 0 Å². The topological polar surface area (TPSA) is 50.4 Å². The Hall–Kier alpha value is -3.33. The Labute approximate surface area is 183 Å². The van der Waals surface area contributed by atoms with Crippen molar-refractivity contribution in [3.8, 4) is 16.9 Å². The molecule has 1 heterocycles. The molecule has 0 aliphatic rings. The van der Waals surface area contributed by atoms with Crippen molar-refractivity contribution in [2.75, 3.05) is 0 Å². The molecule has 31 heavy (non-hydrogen) atoms. The van der Waals surface area contributed by atoms with E-state index in [0.29, 0.717) is 11.1 Å². The summed E-state index contributed by atoms with van der Waals surface area (Å²) in [6.45, 7) is 2.22. The number of carbonyl (C=O) groups excluding carboxylic acids is 1. The normalized spacial score (nSPS) is 11.1. The average molecular weight is 413 g/mol. The molecule has 0 radical (unpaired) electrons. The number of aryl methyl sites for hydroxylation is 1. The van der Waals surface area contributed by atoms with Crippen LogP contribution in [-0.2, 0) is 6.42 Å². The maximum Gasteiger partial charge on any atom is 0.196 e. The maximum atomic E-state index is 12.9. The minimum atomic E-state index is -0.209. The van der Waals surface area contributed by atoms with E-state index in [1.54, 1.807) is 24.3 Å². The van der Waals surface area contributed by atoms with E-state index in [4.69, 9.17) is 4.42 Å². The van der Waals surface area contributed by atoms with Gasteiger partial charge in [0.1, 0.15) is 17.1 Å². The van der Waals surface area contributed by atoms with Crippen LogP contribution in [0.5, 0.6) is 5.75 Å². The summed E-state index contributed by atoms with van der Waals surface area (Å²) in [5, 5.41) is 11.6. The van der Waals surface area contributed by atoms with Crippen LogP contribution in [0.3, 0.4) is 0 Å². The van der Waals surface area contributed by atoms with Crippen LogP contribution in [0.2, 0.25) is 0 Å². The van der Waals surface area contributed by atoms with Crippen molar-refractivity contribution in [3.05, 3.63) is 89.7 Å². The van der Waals surface area contributed by atoms with Crippen LogP contribution in [-0.4, -0.2) is 10.9 Å². The Balaban J connectivity index is 1.75. The van der Waals surface area contributed by atoms with Crippen molar-refractivity contribution in [1.82, 2.24) is 0 Å².